The Bertz CT molecular complexity index is 440. The number of nitrogens with zero attached hydrogens (tertiary/aromatic N) is 3. The molecule has 0 bridgehead atoms. The summed E-state index contributed by atoms with van der Waals surface area (Å²) in [6.45, 7) is 5.92. The van der Waals surface area contributed by atoms with Crippen molar-refractivity contribution in [2.75, 3.05) is 39.3 Å². The Morgan fingerprint density at radius 1 is 1.43 bits per heavy atom. The van der Waals surface area contributed by atoms with E-state index in [4.69, 9.17) is 5.11 Å². The van der Waals surface area contributed by atoms with Crippen LogP contribution >= 0.6 is 0 Å². The van der Waals surface area contributed by atoms with Crippen molar-refractivity contribution in [1.29, 1.82) is 0 Å². The van der Waals surface area contributed by atoms with E-state index in [9.17, 15) is 14.4 Å². The van der Waals surface area contributed by atoms with E-state index in [0.717, 1.165) is 0 Å². The number of hydrogen-bond donors (Lipinski definition) is 2. The van der Waals surface area contributed by atoms with E-state index in [2.05, 4.69) is 5.32 Å². The summed E-state index contributed by atoms with van der Waals surface area (Å²) in [6.07, 6.45) is 0. The lowest BCUT2D eigenvalue weighted by Gasteiger charge is -2.39. The molecule has 0 aliphatic carbocycles. The number of carbonyl (C=O) groups excluding carboxylic acids is 2. The molecule has 8 heteroatoms. The summed E-state index contributed by atoms with van der Waals surface area (Å²) in [5.74, 6) is -0.815. The Hall–Kier alpha value is -1.99. The fourth-order valence-corrected chi connectivity index (χ4v) is 2.79. The number of aliphatic carboxylic acids is 1. The molecule has 0 aromatic rings. The minimum absolute atomic E-state index is 0.0130. The van der Waals surface area contributed by atoms with Crippen LogP contribution in [0.15, 0.2) is 0 Å². The van der Waals surface area contributed by atoms with Gasteiger partial charge in [-0.2, -0.15) is 0 Å². The first-order chi connectivity index (χ1) is 9.88. The zero-order valence-electron chi connectivity index (χ0n) is 12.4. The second-order valence-electron chi connectivity index (χ2n) is 5.93. The first kappa shape index (κ1) is 15.4. The summed E-state index contributed by atoms with van der Waals surface area (Å²) in [5, 5.41) is 11.7. The van der Waals surface area contributed by atoms with Crippen LogP contribution in [0.3, 0.4) is 0 Å². The molecule has 1 atom stereocenters. The molecule has 2 aliphatic rings. The molecule has 4 amide bonds. The topological polar surface area (TPSA) is 93.2 Å². The Labute approximate surface area is 123 Å². The SMILES string of the molecule is CC(C)CN(CC(=O)O)C(=O)N1CCN2C(=O)NCC2C1. The number of fused-ring (bicyclic) bond motifs is 1. The van der Waals surface area contributed by atoms with Crippen LogP contribution in [0, 0.1) is 5.92 Å². The van der Waals surface area contributed by atoms with Gasteiger partial charge in [-0.25, -0.2) is 9.59 Å². The molecule has 2 aliphatic heterocycles. The highest BCUT2D eigenvalue weighted by Crippen LogP contribution is 2.16. The van der Waals surface area contributed by atoms with Gasteiger partial charge in [0.05, 0.1) is 6.04 Å². The third-order valence-electron chi connectivity index (χ3n) is 3.69. The van der Waals surface area contributed by atoms with Crippen molar-refractivity contribution in [2.24, 2.45) is 5.92 Å². The molecular weight excluding hydrogens is 276 g/mol. The van der Waals surface area contributed by atoms with E-state index in [1.165, 1.54) is 4.90 Å². The monoisotopic (exact) mass is 298 g/mol. The van der Waals surface area contributed by atoms with Crippen molar-refractivity contribution in [3.05, 3.63) is 0 Å². The zero-order chi connectivity index (χ0) is 15.6. The second-order valence-corrected chi connectivity index (χ2v) is 5.93. The van der Waals surface area contributed by atoms with Crippen LogP contribution in [-0.2, 0) is 4.79 Å². The Morgan fingerprint density at radius 2 is 2.14 bits per heavy atom. The number of nitrogens with one attached hydrogen (secondary N) is 1. The molecular formula is C13H22N4O4. The second kappa shape index (κ2) is 6.19. The van der Waals surface area contributed by atoms with Gasteiger partial charge in [0.15, 0.2) is 0 Å². The zero-order valence-corrected chi connectivity index (χ0v) is 12.4. The normalized spacial score (nSPS) is 21.3. The van der Waals surface area contributed by atoms with Crippen molar-refractivity contribution in [1.82, 2.24) is 20.0 Å². The maximum Gasteiger partial charge on any atom is 0.323 e. The third kappa shape index (κ3) is 3.56. The van der Waals surface area contributed by atoms with E-state index in [-0.39, 0.29) is 30.6 Å². The van der Waals surface area contributed by atoms with E-state index in [1.54, 1.807) is 9.80 Å². The molecule has 0 saturated carbocycles. The summed E-state index contributed by atoms with van der Waals surface area (Å²) < 4.78 is 0. The van der Waals surface area contributed by atoms with Crippen LogP contribution < -0.4 is 5.32 Å². The molecule has 0 radical (unpaired) electrons. The lowest BCUT2D eigenvalue weighted by molar-refractivity contribution is -0.137. The number of piperazine rings is 1. The molecule has 0 aromatic carbocycles. The van der Waals surface area contributed by atoms with Gasteiger partial charge in [0.25, 0.3) is 0 Å². The van der Waals surface area contributed by atoms with Gasteiger partial charge in [-0.15, -0.1) is 0 Å². The van der Waals surface area contributed by atoms with Gasteiger partial charge >= 0.3 is 18.0 Å². The van der Waals surface area contributed by atoms with E-state index in [1.807, 2.05) is 13.8 Å². The van der Waals surface area contributed by atoms with Gasteiger partial charge in [-0.3, -0.25) is 4.79 Å². The summed E-state index contributed by atoms with van der Waals surface area (Å²) in [7, 11) is 0. The summed E-state index contributed by atoms with van der Waals surface area (Å²) in [5.41, 5.74) is 0. The highest BCUT2D eigenvalue weighted by Gasteiger charge is 2.38. The van der Waals surface area contributed by atoms with Crippen molar-refractivity contribution in [3.63, 3.8) is 0 Å². The van der Waals surface area contributed by atoms with Crippen LogP contribution in [0.4, 0.5) is 9.59 Å². The number of amides is 4. The van der Waals surface area contributed by atoms with Crippen molar-refractivity contribution < 1.29 is 19.5 Å². The summed E-state index contributed by atoms with van der Waals surface area (Å²) >= 11 is 0. The minimum Gasteiger partial charge on any atom is -0.480 e. The van der Waals surface area contributed by atoms with Crippen LogP contribution in [0.2, 0.25) is 0 Å². The third-order valence-corrected chi connectivity index (χ3v) is 3.69. The molecule has 21 heavy (non-hydrogen) atoms. The Morgan fingerprint density at radius 3 is 2.76 bits per heavy atom. The molecule has 0 spiro atoms. The van der Waals surface area contributed by atoms with Gasteiger partial charge < -0.3 is 25.1 Å². The van der Waals surface area contributed by atoms with Crippen molar-refractivity contribution in [2.45, 2.75) is 19.9 Å². The lowest BCUT2D eigenvalue weighted by atomic mass is 10.2. The van der Waals surface area contributed by atoms with Crippen LogP contribution in [0.5, 0.6) is 0 Å². The number of urea groups is 2. The Kier molecular flexibility index (Phi) is 4.54. The van der Waals surface area contributed by atoms with Crippen LogP contribution in [0.1, 0.15) is 13.8 Å². The summed E-state index contributed by atoms with van der Waals surface area (Å²) in [4.78, 5) is 39.7. The molecule has 118 valence electrons. The fourth-order valence-electron chi connectivity index (χ4n) is 2.79. The first-order valence-corrected chi connectivity index (χ1v) is 7.18. The van der Waals surface area contributed by atoms with E-state index in [0.29, 0.717) is 32.7 Å². The predicted molar refractivity (Wildman–Crippen MR) is 74.9 cm³/mol. The molecule has 2 saturated heterocycles. The molecule has 2 heterocycles. The maximum absolute atomic E-state index is 12.5. The molecule has 2 rings (SSSR count). The fraction of sp³-hybridized carbons (Fsp3) is 0.769. The van der Waals surface area contributed by atoms with Gasteiger partial charge in [0.1, 0.15) is 6.54 Å². The van der Waals surface area contributed by atoms with E-state index >= 15 is 0 Å². The largest absolute Gasteiger partial charge is 0.480 e. The average Bonchev–Trinajstić information content (AvgIpc) is 2.77. The number of rotatable bonds is 4. The number of carbonyl (C=O) groups is 3. The van der Waals surface area contributed by atoms with Crippen molar-refractivity contribution in [3.8, 4) is 0 Å². The molecule has 8 nitrogen and oxygen atoms in total. The highest BCUT2D eigenvalue weighted by molar-refractivity contribution is 5.81. The first-order valence-electron chi connectivity index (χ1n) is 7.18. The number of carboxylic acid groups (broad SMARTS) is 1. The number of hydrogen-bond acceptors (Lipinski definition) is 3. The lowest BCUT2D eigenvalue weighted by Crippen LogP contribution is -2.57. The standard InChI is InChI=1S/C13H22N4O4/c1-9(2)6-16(8-11(18)19)13(21)15-3-4-17-10(7-15)5-14-12(17)20/h9-10H,3-8H2,1-2H3,(H,14,20)(H,18,19). The summed E-state index contributed by atoms with van der Waals surface area (Å²) in [6, 6.07) is -0.359. The number of carboxylic acids is 1. The van der Waals surface area contributed by atoms with Crippen LogP contribution in [-0.4, -0.2) is 83.1 Å². The maximum atomic E-state index is 12.5. The van der Waals surface area contributed by atoms with Gasteiger partial charge in [-0.1, -0.05) is 13.8 Å². The smallest absolute Gasteiger partial charge is 0.323 e. The molecule has 1 unspecified atom stereocenters. The molecule has 2 N–H and O–H groups in total. The van der Waals surface area contributed by atoms with Gasteiger partial charge in [-0.05, 0) is 5.92 Å². The van der Waals surface area contributed by atoms with Crippen molar-refractivity contribution >= 4 is 18.0 Å². The average molecular weight is 298 g/mol. The molecule has 2 fully saturated rings. The van der Waals surface area contributed by atoms with Crippen LogP contribution in [0.25, 0.3) is 0 Å². The van der Waals surface area contributed by atoms with E-state index < -0.39 is 5.97 Å². The Balaban J connectivity index is 2.00. The van der Waals surface area contributed by atoms with Gasteiger partial charge in [0, 0.05) is 32.7 Å². The molecule has 0 aromatic heterocycles. The minimum atomic E-state index is -1.01. The van der Waals surface area contributed by atoms with Gasteiger partial charge in [0.2, 0.25) is 0 Å². The predicted octanol–water partition coefficient (Wildman–Crippen LogP) is -0.142. The highest BCUT2D eigenvalue weighted by atomic mass is 16.4. The quantitative estimate of drug-likeness (QED) is 0.755.